The average Bonchev–Trinajstić information content (AvgIpc) is 3.08. The van der Waals surface area contributed by atoms with Gasteiger partial charge in [0, 0.05) is 6.20 Å². The predicted octanol–water partition coefficient (Wildman–Crippen LogP) is 1.43. The van der Waals surface area contributed by atoms with E-state index in [0.29, 0.717) is 24.2 Å². The normalized spacial score (nSPS) is 11.2. The van der Waals surface area contributed by atoms with Crippen molar-refractivity contribution in [1.29, 1.82) is 0 Å². The maximum absolute atomic E-state index is 12.4. The summed E-state index contributed by atoms with van der Waals surface area (Å²) < 4.78 is 1.48. The number of rotatable bonds is 7. The van der Waals surface area contributed by atoms with Crippen LogP contribution in [0.3, 0.4) is 0 Å². The first-order valence-electron chi connectivity index (χ1n) is 7.35. The third kappa shape index (κ3) is 3.91. The summed E-state index contributed by atoms with van der Waals surface area (Å²) in [7, 11) is 0. The van der Waals surface area contributed by atoms with Gasteiger partial charge in [0.2, 0.25) is 0 Å². The van der Waals surface area contributed by atoms with Crippen molar-refractivity contribution in [2.45, 2.75) is 38.6 Å². The van der Waals surface area contributed by atoms with Crippen molar-refractivity contribution in [3.05, 3.63) is 36.5 Å². The van der Waals surface area contributed by atoms with Gasteiger partial charge in [-0.15, -0.1) is 0 Å². The molecule has 0 saturated carbocycles. The number of pyridine rings is 1. The Labute approximate surface area is 133 Å². The molecule has 0 aromatic carbocycles. The zero-order chi connectivity index (χ0) is 16.9. The van der Waals surface area contributed by atoms with E-state index in [2.05, 4.69) is 20.4 Å². The Balaban J connectivity index is 2.14. The second-order valence-corrected chi connectivity index (χ2v) is 5.26. The number of hydrogen-bond acceptors (Lipinski definition) is 5. The lowest BCUT2D eigenvalue weighted by molar-refractivity contribution is -0.138. The van der Waals surface area contributed by atoms with E-state index in [4.69, 9.17) is 5.11 Å². The maximum atomic E-state index is 12.4. The standard InChI is InChI=1S/C15H19N5O3/c1-3-15(4-2,7-13(21)22)19-14(23)11-5-6-12(17-8-11)20-10-16-9-18-20/h5-6,8-10H,3-4,7H2,1-2H3,(H,19,23)(H,21,22). The highest BCUT2D eigenvalue weighted by molar-refractivity contribution is 5.94. The second-order valence-electron chi connectivity index (χ2n) is 5.26. The third-order valence-corrected chi connectivity index (χ3v) is 3.89. The van der Waals surface area contributed by atoms with Gasteiger partial charge in [0.25, 0.3) is 5.91 Å². The summed E-state index contributed by atoms with van der Waals surface area (Å²) in [6.45, 7) is 3.72. The van der Waals surface area contributed by atoms with Gasteiger partial charge in [-0.25, -0.2) is 14.6 Å². The largest absolute Gasteiger partial charge is 0.481 e. The summed E-state index contributed by atoms with van der Waals surface area (Å²) in [5.74, 6) is -0.733. The fourth-order valence-electron chi connectivity index (χ4n) is 2.31. The molecule has 0 aliphatic rings. The molecular weight excluding hydrogens is 298 g/mol. The topological polar surface area (TPSA) is 110 Å². The van der Waals surface area contributed by atoms with E-state index < -0.39 is 11.5 Å². The van der Waals surface area contributed by atoms with Crippen molar-refractivity contribution >= 4 is 11.9 Å². The lowest BCUT2D eigenvalue weighted by Gasteiger charge is -2.31. The molecule has 0 atom stereocenters. The molecule has 2 N–H and O–H groups in total. The molecule has 2 aromatic heterocycles. The number of nitrogens with zero attached hydrogens (tertiary/aromatic N) is 4. The average molecular weight is 317 g/mol. The highest BCUT2D eigenvalue weighted by atomic mass is 16.4. The van der Waals surface area contributed by atoms with Crippen LogP contribution in [0.2, 0.25) is 0 Å². The molecule has 2 aromatic rings. The highest BCUT2D eigenvalue weighted by Gasteiger charge is 2.31. The van der Waals surface area contributed by atoms with Gasteiger partial charge in [-0.1, -0.05) is 13.8 Å². The number of carbonyl (C=O) groups is 2. The minimum atomic E-state index is -0.936. The number of carboxylic acids is 1. The van der Waals surface area contributed by atoms with Gasteiger partial charge < -0.3 is 10.4 Å². The van der Waals surface area contributed by atoms with E-state index in [1.54, 1.807) is 12.1 Å². The number of amides is 1. The van der Waals surface area contributed by atoms with E-state index in [9.17, 15) is 9.59 Å². The number of aliphatic carboxylic acids is 1. The summed E-state index contributed by atoms with van der Waals surface area (Å²) in [6.07, 6.45) is 5.29. The Morgan fingerprint density at radius 1 is 1.30 bits per heavy atom. The van der Waals surface area contributed by atoms with Gasteiger partial charge in [-0.2, -0.15) is 5.10 Å². The number of nitrogens with one attached hydrogen (secondary N) is 1. The van der Waals surface area contributed by atoms with Crippen LogP contribution < -0.4 is 5.32 Å². The molecule has 1 amide bonds. The van der Waals surface area contributed by atoms with Crippen LogP contribution in [-0.2, 0) is 4.79 Å². The van der Waals surface area contributed by atoms with Crippen LogP contribution in [0, 0.1) is 0 Å². The molecule has 0 bridgehead atoms. The quantitative estimate of drug-likeness (QED) is 0.799. The van der Waals surface area contributed by atoms with Crippen LogP contribution >= 0.6 is 0 Å². The van der Waals surface area contributed by atoms with E-state index in [0.717, 1.165) is 0 Å². The minimum Gasteiger partial charge on any atom is -0.481 e. The Bertz CT molecular complexity index is 663. The SMILES string of the molecule is CCC(CC)(CC(=O)O)NC(=O)c1ccc(-n2cncn2)nc1. The molecule has 8 heteroatoms. The number of hydrogen-bond donors (Lipinski definition) is 2. The van der Waals surface area contributed by atoms with Crippen molar-refractivity contribution < 1.29 is 14.7 Å². The van der Waals surface area contributed by atoms with Crippen LogP contribution in [-0.4, -0.2) is 42.3 Å². The molecule has 0 unspecified atom stereocenters. The first-order chi connectivity index (χ1) is 11.0. The summed E-state index contributed by atoms with van der Waals surface area (Å²) in [4.78, 5) is 31.4. The van der Waals surface area contributed by atoms with Crippen molar-refractivity contribution in [3.63, 3.8) is 0 Å². The Hall–Kier alpha value is -2.77. The predicted molar refractivity (Wildman–Crippen MR) is 82.2 cm³/mol. The first-order valence-corrected chi connectivity index (χ1v) is 7.35. The van der Waals surface area contributed by atoms with Gasteiger partial charge in [-0.05, 0) is 25.0 Å². The van der Waals surface area contributed by atoms with Gasteiger partial charge in [0.15, 0.2) is 5.82 Å². The van der Waals surface area contributed by atoms with Crippen LogP contribution in [0.15, 0.2) is 31.0 Å². The molecule has 0 saturated heterocycles. The minimum absolute atomic E-state index is 0.115. The molecule has 2 rings (SSSR count). The lowest BCUT2D eigenvalue weighted by Crippen LogP contribution is -2.49. The molecule has 23 heavy (non-hydrogen) atoms. The van der Waals surface area contributed by atoms with E-state index >= 15 is 0 Å². The van der Waals surface area contributed by atoms with Crippen LogP contribution in [0.1, 0.15) is 43.5 Å². The number of aromatic nitrogens is 4. The zero-order valence-corrected chi connectivity index (χ0v) is 13.1. The van der Waals surface area contributed by atoms with Gasteiger partial charge in [0.1, 0.15) is 12.7 Å². The maximum Gasteiger partial charge on any atom is 0.305 e. The van der Waals surface area contributed by atoms with E-state index in [1.807, 2.05) is 13.8 Å². The van der Waals surface area contributed by atoms with Crippen LogP contribution in [0.5, 0.6) is 0 Å². The second kappa shape index (κ2) is 6.99. The van der Waals surface area contributed by atoms with Crippen LogP contribution in [0.4, 0.5) is 0 Å². The molecule has 0 aliphatic heterocycles. The molecule has 122 valence electrons. The zero-order valence-electron chi connectivity index (χ0n) is 13.1. The van der Waals surface area contributed by atoms with E-state index in [-0.39, 0.29) is 12.3 Å². The van der Waals surface area contributed by atoms with E-state index in [1.165, 1.54) is 23.5 Å². The summed E-state index contributed by atoms with van der Waals surface area (Å²) in [6, 6.07) is 3.27. The number of carboxylic acid groups (broad SMARTS) is 1. The molecule has 2 heterocycles. The van der Waals surface area contributed by atoms with Crippen LogP contribution in [0.25, 0.3) is 5.82 Å². The molecule has 8 nitrogen and oxygen atoms in total. The summed E-state index contributed by atoms with van der Waals surface area (Å²) in [5.41, 5.74) is -0.390. The van der Waals surface area contributed by atoms with Gasteiger partial charge in [0.05, 0.1) is 17.5 Å². The third-order valence-electron chi connectivity index (χ3n) is 3.89. The molecular formula is C15H19N5O3. The van der Waals surface area contributed by atoms with Crippen molar-refractivity contribution in [1.82, 2.24) is 25.1 Å². The van der Waals surface area contributed by atoms with Crippen molar-refractivity contribution in [2.24, 2.45) is 0 Å². The molecule has 0 spiro atoms. The number of carbonyl (C=O) groups excluding carboxylic acids is 1. The fourth-order valence-corrected chi connectivity index (χ4v) is 2.31. The molecule has 0 fully saturated rings. The Morgan fingerprint density at radius 3 is 2.52 bits per heavy atom. The summed E-state index contributed by atoms with van der Waals surface area (Å²) >= 11 is 0. The van der Waals surface area contributed by atoms with Gasteiger partial charge in [-0.3, -0.25) is 9.59 Å². The molecule has 0 radical (unpaired) electrons. The first kappa shape index (κ1) is 16.6. The Morgan fingerprint density at radius 2 is 2.04 bits per heavy atom. The lowest BCUT2D eigenvalue weighted by atomic mass is 9.88. The Kier molecular flexibility index (Phi) is 5.05. The van der Waals surface area contributed by atoms with Crippen molar-refractivity contribution in [3.8, 4) is 5.82 Å². The smallest absolute Gasteiger partial charge is 0.305 e. The summed E-state index contributed by atoms with van der Waals surface area (Å²) in [5, 5.41) is 15.9. The van der Waals surface area contributed by atoms with Gasteiger partial charge >= 0.3 is 5.97 Å². The highest BCUT2D eigenvalue weighted by Crippen LogP contribution is 2.20. The fraction of sp³-hybridized carbons (Fsp3) is 0.400. The monoisotopic (exact) mass is 317 g/mol. The molecule has 0 aliphatic carbocycles. The van der Waals surface area contributed by atoms with Crippen molar-refractivity contribution in [2.75, 3.05) is 0 Å².